The van der Waals surface area contributed by atoms with Crippen LogP contribution in [0, 0.1) is 13.8 Å². The van der Waals surface area contributed by atoms with Crippen molar-refractivity contribution >= 4 is 16.1 Å². The Morgan fingerprint density at radius 1 is 1.17 bits per heavy atom. The first-order valence-corrected chi connectivity index (χ1v) is 10.7. The van der Waals surface area contributed by atoms with E-state index < -0.39 is 9.84 Å². The third-order valence-electron chi connectivity index (χ3n) is 5.40. The fourth-order valence-electron chi connectivity index (χ4n) is 3.95. The van der Waals surface area contributed by atoms with Crippen LogP contribution in [0.3, 0.4) is 0 Å². The standard InChI is InChI=1S/C17H28N4O2S/c1-12-6-5-7-13(2)20(12)18-10-17-14(3)19-21(15(17)4)16-8-9-24(22,23)11-16/h10,12-13,16H,5-9,11H2,1-4H3/t12-,13-,16-/m0/s1. The van der Waals surface area contributed by atoms with E-state index in [2.05, 4.69) is 24.0 Å². The highest BCUT2D eigenvalue weighted by molar-refractivity contribution is 7.91. The van der Waals surface area contributed by atoms with Crippen LogP contribution < -0.4 is 0 Å². The van der Waals surface area contributed by atoms with Gasteiger partial charge in [0.2, 0.25) is 0 Å². The maximum Gasteiger partial charge on any atom is 0.152 e. The van der Waals surface area contributed by atoms with Crippen LogP contribution in [0.4, 0.5) is 0 Å². The summed E-state index contributed by atoms with van der Waals surface area (Å²) >= 11 is 0. The molecule has 0 bridgehead atoms. The van der Waals surface area contributed by atoms with Gasteiger partial charge in [-0.15, -0.1) is 0 Å². The number of sulfone groups is 1. The van der Waals surface area contributed by atoms with E-state index in [1.54, 1.807) is 0 Å². The summed E-state index contributed by atoms with van der Waals surface area (Å²) in [6.07, 6.45) is 6.19. The molecule has 6 nitrogen and oxygen atoms in total. The van der Waals surface area contributed by atoms with E-state index in [-0.39, 0.29) is 17.5 Å². The van der Waals surface area contributed by atoms with E-state index >= 15 is 0 Å². The number of rotatable bonds is 3. The van der Waals surface area contributed by atoms with Gasteiger partial charge in [0.05, 0.1) is 29.5 Å². The molecule has 0 unspecified atom stereocenters. The van der Waals surface area contributed by atoms with Gasteiger partial charge in [-0.05, 0) is 53.4 Å². The maximum absolute atomic E-state index is 11.7. The lowest BCUT2D eigenvalue weighted by Crippen LogP contribution is -2.39. The molecule has 0 N–H and O–H groups in total. The Bertz CT molecular complexity index is 728. The minimum atomic E-state index is -2.91. The second-order valence-electron chi connectivity index (χ2n) is 7.34. The molecule has 0 amide bonds. The van der Waals surface area contributed by atoms with E-state index in [0.717, 1.165) is 17.0 Å². The van der Waals surface area contributed by atoms with Gasteiger partial charge in [-0.1, -0.05) is 0 Å². The molecule has 0 saturated carbocycles. The van der Waals surface area contributed by atoms with E-state index in [9.17, 15) is 8.42 Å². The molecule has 0 radical (unpaired) electrons. The van der Waals surface area contributed by atoms with Gasteiger partial charge >= 0.3 is 0 Å². The molecule has 2 aliphatic heterocycles. The van der Waals surface area contributed by atoms with Crippen LogP contribution in [0.1, 0.15) is 62.5 Å². The summed E-state index contributed by atoms with van der Waals surface area (Å²) in [6, 6.07) is 0.880. The van der Waals surface area contributed by atoms with Crippen LogP contribution in [0.5, 0.6) is 0 Å². The third kappa shape index (κ3) is 3.36. The number of hydrogen-bond donors (Lipinski definition) is 0. The molecule has 2 saturated heterocycles. The highest BCUT2D eigenvalue weighted by atomic mass is 32.2. The van der Waals surface area contributed by atoms with Crippen molar-refractivity contribution in [1.82, 2.24) is 14.8 Å². The monoisotopic (exact) mass is 352 g/mol. The first-order valence-electron chi connectivity index (χ1n) is 8.87. The fraction of sp³-hybridized carbons (Fsp3) is 0.765. The van der Waals surface area contributed by atoms with E-state index in [1.807, 2.05) is 24.7 Å². The van der Waals surface area contributed by atoms with Gasteiger partial charge in [-0.3, -0.25) is 9.69 Å². The summed E-state index contributed by atoms with van der Waals surface area (Å²) in [5.74, 6) is 0.466. The first kappa shape index (κ1) is 17.5. The lowest BCUT2D eigenvalue weighted by Gasteiger charge is -2.36. The lowest BCUT2D eigenvalue weighted by molar-refractivity contribution is 0.109. The van der Waals surface area contributed by atoms with Gasteiger partial charge in [0, 0.05) is 23.3 Å². The van der Waals surface area contributed by atoms with Gasteiger partial charge in [0.1, 0.15) is 0 Å². The minimum Gasteiger partial charge on any atom is -0.292 e. The largest absolute Gasteiger partial charge is 0.292 e. The number of piperidine rings is 1. The Hall–Kier alpha value is -1.37. The number of aromatic nitrogens is 2. The normalized spacial score (nSPS) is 30.3. The maximum atomic E-state index is 11.7. The van der Waals surface area contributed by atoms with Crippen molar-refractivity contribution in [2.24, 2.45) is 5.10 Å². The molecular formula is C17H28N4O2S. The SMILES string of the molecule is Cc1nn([C@H]2CCS(=O)(=O)C2)c(C)c1C=NN1[C@@H](C)CCC[C@@H]1C. The zero-order chi connectivity index (χ0) is 17.5. The van der Waals surface area contributed by atoms with Crippen LogP contribution in [-0.4, -0.2) is 53.0 Å². The molecule has 3 rings (SSSR count). The molecule has 1 aromatic heterocycles. The van der Waals surface area contributed by atoms with Gasteiger partial charge in [-0.25, -0.2) is 8.42 Å². The molecule has 2 fully saturated rings. The smallest absolute Gasteiger partial charge is 0.152 e. The minimum absolute atomic E-state index is 0.0383. The van der Waals surface area contributed by atoms with Gasteiger partial charge in [-0.2, -0.15) is 10.2 Å². The Morgan fingerprint density at radius 3 is 2.42 bits per heavy atom. The van der Waals surface area contributed by atoms with E-state index in [0.29, 0.717) is 18.5 Å². The molecule has 3 heterocycles. The molecule has 3 atom stereocenters. The summed E-state index contributed by atoms with van der Waals surface area (Å²) in [4.78, 5) is 0. The summed E-state index contributed by atoms with van der Waals surface area (Å²) in [7, 11) is -2.91. The van der Waals surface area contributed by atoms with Crippen LogP contribution in [0.25, 0.3) is 0 Å². The van der Waals surface area contributed by atoms with Crippen molar-refractivity contribution in [3.05, 3.63) is 17.0 Å². The molecule has 134 valence electrons. The summed E-state index contributed by atoms with van der Waals surface area (Å²) < 4.78 is 25.4. The van der Waals surface area contributed by atoms with Crippen LogP contribution in [0.15, 0.2) is 5.10 Å². The van der Waals surface area contributed by atoms with Gasteiger partial charge in [0.15, 0.2) is 9.84 Å². The Balaban J connectivity index is 1.83. The van der Waals surface area contributed by atoms with E-state index in [1.165, 1.54) is 19.3 Å². The summed E-state index contributed by atoms with van der Waals surface area (Å²) in [5.41, 5.74) is 2.94. The van der Waals surface area contributed by atoms with Crippen LogP contribution >= 0.6 is 0 Å². The zero-order valence-electron chi connectivity index (χ0n) is 15.1. The fourth-order valence-corrected chi connectivity index (χ4v) is 5.64. The van der Waals surface area contributed by atoms with Crippen molar-refractivity contribution in [2.75, 3.05) is 11.5 Å². The average Bonchev–Trinajstić information content (AvgIpc) is 2.99. The topological polar surface area (TPSA) is 67.6 Å². The number of hydrogen-bond acceptors (Lipinski definition) is 5. The number of hydrazone groups is 1. The molecule has 2 aliphatic rings. The summed E-state index contributed by atoms with van der Waals surface area (Å²) in [5, 5.41) is 11.5. The van der Waals surface area contributed by atoms with Crippen molar-refractivity contribution in [1.29, 1.82) is 0 Å². The van der Waals surface area contributed by atoms with Crippen LogP contribution in [0.2, 0.25) is 0 Å². The molecular weight excluding hydrogens is 324 g/mol. The predicted octanol–water partition coefficient (Wildman–Crippen LogP) is 2.46. The van der Waals surface area contributed by atoms with Crippen molar-refractivity contribution in [2.45, 2.75) is 71.5 Å². The van der Waals surface area contributed by atoms with E-state index in [4.69, 9.17) is 5.10 Å². The first-order chi connectivity index (χ1) is 11.3. The predicted molar refractivity (Wildman–Crippen MR) is 96.2 cm³/mol. The second-order valence-corrected chi connectivity index (χ2v) is 9.57. The lowest BCUT2D eigenvalue weighted by atomic mass is 10.00. The van der Waals surface area contributed by atoms with Gasteiger partial charge < -0.3 is 0 Å². The third-order valence-corrected chi connectivity index (χ3v) is 7.15. The quantitative estimate of drug-likeness (QED) is 0.784. The number of aryl methyl sites for hydroxylation is 1. The summed E-state index contributed by atoms with van der Waals surface area (Å²) in [6.45, 7) is 8.42. The highest BCUT2D eigenvalue weighted by Gasteiger charge is 2.31. The molecule has 1 aromatic rings. The number of nitrogens with zero attached hydrogens (tertiary/aromatic N) is 4. The molecule has 0 aliphatic carbocycles. The van der Waals surface area contributed by atoms with Gasteiger partial charge in [0.25, 0.3) is 0 Å². The average molecular weight is 353 g/mol. The highest BCUT2D eigenvalue weighted by Crippen LogP contribution is 2.27. The van der Waals surface area contributed by atoms with Crippen molar-refractivity contribution in [3.63, 3.8) is 0 Å². The molecule has 24 heavy (non-hydrogen) atoms. The second kappa shape index (κ2) is 6.50. The van der Waals surface area contributed by atoms with Crippen LogP contribution in [-0.2, 0) is 9.84 Å². The zero-order valence-corrected chi connectivity index (χ0v) is 15.9. The molecule has 0 aromatic carbocycles. The Labute approximate surface area is 144 Å². The van der Waals surface area contributed by atoms with Crippen molar-refractivity contribution < 1.29 is 8.42 Å². The van der Waals surface area contributed by atoms with Crippen molar-refractivity contribution in [3.8, 4) is 0 Å². The molecule has 7 heteroatoms. The Kier molecular flexibility index (Phi) is 4.73. The molecule has 0 spiro atoms. The Morgan fingerprint density at radius 2 is 1.83 bits per heavy atom.